The summed E-state index contributed by atoms with van der Waals surface area (Å²) in [5.74, 6) is 0. The van der Waals surface area contributed by atoms with Gasteiger partial charge in [0.15, 0.2) is 0 Å². The molecule has 1 atom stereocenters. The van der Waals surface area contributed by atoms with Crippen LogP contribution in [0.4, 0.5) is 16.2 Å². The lowest BCUT2D eigenvalue weighted by molar-refractivity contribution is 0.194. The molecule has 1 aliphatic heterocycles. The number of nitrogens with one attached hydrogen (secondary N) is 1. The van der Waals surface area contributed by atoms with E-state index in [1.807, 2.05) is 28.4 Å². The Morgan fingerprint density at radius 2 is 1.76 bits per heavy atom. The second-order valence-corrected chi connectivity index (χ2v) is 11.4. The molecule has 0 saturated carbocycles. The van der Waals surface area contributed by atoms with Gasteiger partial charge in [0.05, 0.1) is 18.3 Å². The number of carbonyl (C=O) groups excluding carboxylic acids is 1. The normalized spacial score (nSPS) is 16.4. The van der Waals surface area contributed by atoms with Crippen molar-refractivity contribution < 1.29 is 4.79 Å². The Kier molecular flexibility index (Phi) is 6.29. The number of carbonyl (C=O) groups is 1. The molecule has 0 radical (unpaired) electrons. The summed E-state index contributed by atoms with van der Waals surface area (Å²) in [5.41, 5.74) is 8.28. The number of thiophene rings is 1. The first-order valence-electron chi connectivity index (χ1n) is 13.3. The number of fused-ring (bicyclic) bond motifs is 5. The average Bonchev–Trinajstić information content (AvgIpc) is 3.51. The SMILES string of the molecule is CCc1ccc(NC(=O)N2Cc3c(sc4c3CCCC4)-n3cccc3[C@H]2c2ccc(N(C)C)cc2)cc1. The smallest absolute Gasteiger partial charge is 0.322 e. The quantitative estimate of drug-likeness (QED) is 0.316. The van der Waals surface area contributed by atoms with Crippen molar-refractivity contribution in [3.05, 3.63) is 99.7 Å². The molecular formula is C31H34N4OS. The third-order valence-corrected chi connectivity index (χ3v) is 9.11. The fourth-order valence-electron chi connectivity index (χ4n) is 5.71. The monoisotopic (exact) mass is 510 g/mol. The molecule has 2 aromatic carbocycles. The molecule has 3 heterocycles. The highest BCUT2D eigenvalue weighted by molar-refractivity contribution is 7.15. The van der Waals surface area contributed by atoms with Crippen LogP contribution < -0.4 is 10.2 Å². The predicted molar refractivity (Wildman–Crippen MR) is 153 cm³/mol. The van der Waals surface area contributed by atoms with Crippen molar-refractivity contribution in [1.82, 2.24) is 9.47 Å². The number of aromatic nitrogens is 1. The van der Waals surface area contributed by atoms with Crippen LogP contribution in [0.25, 0.3) is 5.00 Å². The van der Waals surface area contributed by atoms with Crippen molar-refractivity contribution in [3.8, 4) is 5.00 Å². The molecule has 6 heteroatoms. The number of hydrogen-bond acceptors (Lipinski definition) is 3. The van der Waals surface area contributed by atoms with Crippen molar-refractivity contribution in [2.75, 3.05) is 24.3 Å². The van der Waals surface area contributed by atoms with Crippen LogP contribution >= 0.6 is 11.3 Å². The van der Waals surface area contributed by atoms with Crippen LogP contribution in [0.2, 0.25) is 0 Å². The molecule has 6 rings (SSSR count). The van der Waals surface area contributed by atoms with Gasteiger partial charge in [0.1, 0.15) is 5.00 Å². The third-order valence-electron chi connectivity index (χ3n) is 7.78. The number of aryl methyl sites for hydroxylation is 2. The second kappa shape index (κ2) is 9.75. The van der Waals surface area contributed by atoms with Gasteiger partial charge in [0.25, 0.3) is 0 Å². The maximum Gasteiger partial charge on any atom is 0.322 e. The molecule has 5 nitrogen and oxygen atoms in total. The number of rotatable bonds is 4. The molecule has 37 heavy (non-hydrogen) atoms. The van der Waals surface area contributed by atoms with Crippen molar-refractivity contribution in [1.29, 1.82) is 0 Å². The zero-order valence-corrected chi connectivity index (χ0v) is 22.6. The van der Waals surface area contributed by atoms with Crippen LogP contribution in [0, 0.1) is 0 Å². The molecule has 0 unspecified atom stereocenters. The Morgan fingerprint density at radius 3 is 2.49 bits per heavy atom. The molecule has 0 saturated heterocycles. The largest absolute Gasteiger partial charge is 0.378 e. The van der Waals surface area contributed by atoms with Crippen LogP contribution in [0.15, 0.2) is 66.9 Å². The maximum atomic E-state index is 14.1. The fraction of sp³-hybridized carbons (Fsp3) is 0.323. The van der Waals surface area contributed by atoms with Crippen molar-refractivity contribution in [3.63, 3.8) is 0 Å². The first kappa shape index (κ1) is 23.9. The van der Waals surface area contributed by atoms with Gasteiger partial charge in [0.2, 0.25) is 0 Å². The van der Waals surface area contributed by atoms with Crippen LogP contribution in [0.1, 0.15) is 58.6 Å². The van der Waals surface area contributed by atoms with E-state index < -0.39 is 0 Å². The van der Waals surface area contributed by atoms with Crippen LogP contribution in [0.3, 0.4) is 0 Å². The number of anilines is 2. The predicted octanol–water partition coefficient (Wildman–Crippen LogP) is 7.18. The molecule has 2 aliphatic rings. The van der Waals surface area contributed by atoms with E-state index in [2.05, 4.69) is 90.5 Å². The Balaban J connectivity index is 1.46. The molecule has 1 N–H and O–H groups in total. The average molecular weight is 511 g/mol. The van der Waals surface area contributed by atoms with E-state index in [0.717, 1.165) is 41.9 Å². The summed E-state index contributed by atoms with van der Waals surface area (Å²) in [7, 11) is 4.10. The van der Waals surface area contributed by atoms with E-state index in [0.29, 0.717) is 6.54 Å². The Morgan fingerprint density at radius 1 is 1.00 bits per heavy atom. The molecule has 1 aliphatic carbocycles. The van der Waals surface area contributed by atoms with Gasteiger partial charge in [-0.15, -0.1) is 11.3 Å². The van der Waals surface area contributed by atoms with E-state index in [1.165, 1.54) is 39.4 Å². The second-order valence-electron chi connectivity index (χ2n) is 10.3. The fourth-order valence-corrected chi connectivity index (χ4v) is 7.12. The minimum atomic E-state index is -0.194. The zero-order valence-electron chi connectivity index (χ0n) is 21.8. The first-order chi connectivity index (χ1) is 18.0. The van der Waals surface area contributed by atoms with Crippen LogP contribution in [-0.4, -0.2) is 29.6 Å². The van der Waals surface area contributed by atoms with Gasteiger partial charge in [-0.2, -0.15) is 0 Å². The lowest BCUT2D eigenvalue weighted by Crippen LogP contribution is -2.38. The van der Waals surface area contributed by atoms with Crippen LogP contribution in [0.5, 0.6) is 0 Å². The highest BCUT2D eigenvalue weighted by Gasteiger charge is 2.36. The Hall–Kier alpha value is -3.51. The van der Waals surface area contributed by atoms with E-state index in [-0.39, 0.29) is 12.1 Å². The maximum absolute atomic E-state index is 14.1. The summed E-state index contributed by atoms with van der Waals surface area (Å²) in [4.78, 5) is 19.7. The van der Waals surface area contributed by atoms with Crippen molar-refractivity contribution in [2.24, 2.45) is 0 Å². The standard InChI is InChI=1S/C31H34N4OS/c1-4-21-11-15-23(16-12-21)32-31(36)35-20-26-25-8-5-6-10-28(25)37-30(26)34-19-7-9-27(34)29(35)22-13-17-24(18-14-22)33(2)3/h7,9,11-19,29H,4-6,8,10,20H2,1-3H3,(H,32,36)/t29-/m1/s1. The van der Waals surface area contributed by atoms with Gasteiger partial charge in [-0.1, -0.05) is 31.2 Å². The minimum absolute atomic E-state index is 0.0673. The molecular weight excluding hydrogens is 476 g/mol. The lowest BCUT2D eigenvalue weighted by atomic mass is 9.95. The molecule has 2 aromatic heterocycles. The summed E-state index contributed by atoms with van der Waals surface area (Å²) in [6.45, 7) is 2.74. The van der Waals surface area contributed by atoms with Gasteiger partial charge in [-0.3, -0.25) is 0 Å². The number of nitrogens with zero attached hydrogens (tertiary/aromatic N) is 3. The highest BCUT2D eigenvalue weighted by atomic mass is 32.1. The molecule has 0 spiro atoms. The summed E-state index contributed by atoms with van der Waals surface area (Å²) in [6.07, 6.45) is 7.88. The number of amides is 2. The van der Waals surface area contributed by atoms with Crippen molar-refractivity contribution in [2.45, 2.75) is 51.6 Å². The zero-order chi connectivity index (χ0) is 25.5. The van der Waals surface area contributed by atoms with Gasteiger partial charge in [0, 0.05) is 42.1 Å². The summed E-state index contributed by atoms with van der Waals surface area (Å²) >= 11 is 1.92. The summed E-state index contributed by atoms with van der Waals surface area (Å²) in [5, 5.41) is 4.50. The van der Waals surface area contributed by atoms with Gasteiger partial charge in [-0.05, 0) is 85.2 Å². The van der Waals surface area contributed by atoms with E-state index in [1.54, 1.807) is 0 Å². The first-order valence-corrected chi connectivity index (χ1v) is 14.1. The van der Waals surface area contributed by atoms with E-state index in [9.17, 15) is 4.79 Å². The van der Waals surface area contributed by atoms with E-state index >= 15 is 0 Å². The summed E-state index contributed by atoms with van der Waals surface area (Å²) < 4.78 is 2.34. The van der Waals surface area contributed by atoms with Crippen LogP contribution in [-0.2, 0) is 25.8 Å². The molecule has 2 amide bonds. The third kappa shape index (κ3) is 4.33. The van der Waals surface area contributed by atoms with Gasteiger partial charge in [-0.25, -0.2) is 4.79 Å². The number of hydrogen-bond donors (Lipinski definition) is 1. The van der Waals surface area contributed by atoms with Crippen molar-refractivity contribution >= 4 is 28.7 Å². The molecule has 0 bridgehead atoms. The minimum Gasteiger partial charge on any atom is -0.378 e. The van der Waals surface area contributed by atoms with Gasteiger partial charge < -0.3 is 19.7 Å². The molecule has 190 valence electrons. The topological polar surface area (TPSA) is 40.5 Å². The lowest BCUT2D eigenvalue weighted by Gasteiger charge is -2.31. The Labute approximate surface area is 223 Å². The Bertz CT molecular complexity index is 1410. The molecule has 0 fully saturated rings. The highest BCUT2D eigenvalue weighted by Crippen LogP contribution is 2.44. The van der Waals surface area contributed by atoms with Gasteiger partial charge >= 0.3 is 6.03 Å². The molecule has 4 aromatic rings. The van der Waals surface area contributed by atoms with E-state index in [4.69, 9.17) is 0 Å². The number of benzene rings is 2. The summed E-state index contributed by atoms with van der Waals surface area (Å²) in [6, 6.07) is 20.9. The number of urea groups is 1.